The predicted molar refractivity (Wildman–Crippen MR) is 65.3 cm³/mol. The summed E-state index contributed by atoms with van der Waals surface area (Å²) in [4.78, 5) is 0. The molecular weight excluding hydrogens is 200 g/mol. The maximum absolute atomic E-state index is 6.06. The van der Waals surface area contributed by atoms with Crippen LogP contribution in [0, 0.1) is 11.8 Å². The second-order valence-electron chi connectivity index (χ2n) is 5.17. The normalized spacial score (nSPS) is 48.1. The van der Waals surface area contributed by atoms with Crippen LogP contribution in [0.2, 0.25) is 0 Å². The molecule has 1 heterocycles. The van der Waals surface area contributed by atoms with E-state index in [0.29, 0.717) is 25.0 Å². The number of fused-ring (bicyclic) bond motifs is 1. The van der Waals surface area contributed by atoms with Crippen LogP contribution in [0.3, 0.4) is 0 Å². The number of rotatable bonds is 2. The van der Waals surface area contributed by atoms with Gasteiger partial charge in [-0.25, -0.2) is 0 Å². The Kier molecular flexibility index (Phi) is 2.97. The van der Waals surface area contributed by atoms with E-state index in [1.54, 1.807) is 0 Å². The van der Waals surface area contributed by atoms with Crippen LogP contribution in [-0.2, 0) is 9.47 Å². The minimum atomic E-state index is -0.260. The van der Waals surface area contributed by atoms with Gasteiger partial charge in [-0.05, 0) is 26.7 Å². The van der Waals surface area contributed by atoms with E-state index in [0.717, 1.165) is 12.8 Å². The van der Waals surface area contributed by atoms with Crippen molar-refractivity contribution >= 4 is 0 Å². The Bertz CT molecular complexity index is 269. The van der Waals surface area contributed by atoms with Crippen LogP contribution < -0.4 is 0 Å². The van der Waals surface area contributed by atoms with Gasteiger partial charge in [-0.1, -0.05) is 12.2 Å². The van der Waals surface area contributed by atoms with Crippen LogP contribution in [0.15, 0.2) is 25.3 Å². The molecule has 0 radical (unpaired) electrons. The Morgan fingerprint density at radius 1 is 0.938 bits per heavy atom. The maximum atomic E-state index is 6.06. The molecule has 2 aliphatic rings. The summed E-state index contributed by atoms with van der Waals surface area (Å²) in [5.74, 6) is 0.739. The first-order valence-electron chi connectivity index (χ1n) is 6.11. The minimum absolute atomic E-state index is 0.260. The van der Waals surface area contributed by atoms with Crippen molar-refractivity contribution in [1.29, 1.82) is 0 Å². The lowest BCUT2D eigenvalue weighted by Gasteiger charge is -2.58. The molecule has 0 N–H and O–H groups in total. The molecule has 0 aromatic heterocycles. The van der Waals surface area contributed by atoms with Gasteiger partial charge in [0.15, 0.2) is 0 Å². The van der Waals surface area contributed by atoms with Crippen molar-refractivity contribution in [1.82, 2.24) is 0 Å². The molecule has 2 nitrogen and oxygen atoms in total. The van der Waals surface area contributed by atoms with Crippen molar-refractivity contribution in [2.75, 3.05) is 13.2 Å². The summed E-state index contributed by atoms with van der Waals surface area (Å²) in [6.45, 7) is 13.6. The van der Waals surface area contributed by atoms with Crippen molar-refractivity contribution in [3.05, 3.63) is 25.3 Å². The summed E-state index contributed by atoms with van der Waals surface area (Å²) in [5, 5.41) is 0. The van der Waals surface area contributed by atoms with Crippen molar-refractivity contribution in [2.45, 2.75) is 37.9 Å². The highest BCUT2D eigenvalue weighted by Gasteiger charge is 2.58. The van der Waals surface area contributed by atoms with E-state index in [-0.39, 0.29) is 11.2 Å². The van der Waals surface area contributed by atoms with Gasteiger partial charge in [0, 0.05) is 11.8 Å². The fourth-order valence-electron chi connectivity index (χ4n) is 3.34. The van der Waals surface area contributed by atoms with Gasteiger partial charge < -0.3 is 9.47 Å². The van der Waals surface area contributed by atoms with E-state index < -0.39 is 0 Å². The molecule has 0 bridgehead atoms. The molecule has 2 rings (SSSR count). The SMILES string of the molecule is C=C[C@@H]1CC[C@@H](C=C)[C@@]2(C)OCCO[C@@]12C. The largest absolute Gasteiger partial charge is 0.369 e. The third-order valence-electron chi connectivity index (χ3n) is 4.65. The van der Waals surface area contributed by atoms with Gasteiger partial charge in [0.25, 0.3) is 0 Å². The molecule has 1 saturated heterocycles. The zero-order valence-electron chi connectivity index (χ0n) is 10.4. The summed E-state index contributed by atoms with van der Waals surface area (Å²) in [5.41, 5.74) is -0.520. The molecule has 1 aliphatic heterocycles. The van der Waals surface area contributed by atoms with Gasteiger partial charge in [0.2, 0.25) is 0 Å². The average Bonchev–Trinajstić information content (AvgIpc) is 2.28. The van der Waals surface area contributed by atoms with Gasteiger partial charge in [-0.15, -0.1) is 13.2 Å². The first-order chi connectivity index (χ1) is 7.58. The third-order valence-corrected chi connectivity index (χ3v) is 4.65. The summed E-state index contributed by atoms with van der Waals surface area (Å²) >= 11 is 0. The van der Waals surface area contributed by atoms with Gasteiger partial charge in [0.05, 0.1) is 13.2 Å². The van der Waals surface area contributed by atoms with E-state index in [4.69, 9.17) is 9.47 Å². The molecule has 0 aromatic rings. The van der Waals surface area contributed by atoms with Crippen molar-refractivity contribution in [3.8, 4) is 0 Å². The third kappa shape index (κ3) is 1.40. The smallest absolute Gasteiger partial charge is 0.101 e. The quantitative estimate of drug-likeness (QED) is 0.669. The molecule has 0 unspecified atom stereocenters. The number of hydrogen-bond donors (Lipinski definition) is 0. The second-order valence-corrected chi connectivity index (χ2v) is 5.17. The average molecular weight is 222 g/mol. The minimum Gasteiger partial charge on any atom is -0.369 e. The van der Waals surface area contributed by atoms with Crippen LogP contribution in [-0.4, -0.2) is 24.4 Å². The first-order valence-corrected chi connectivity index (χ1v) is 6.11. The summed E-state index contributed by atoms with van der Waals surface area (Å²) in [6, 6.07) is 0. The van der Waals surface area contributed by atoms with Crippen molar-refractivity contribution in [3.63, 3.8) is 0 Å². The Morgan fingerprint density at radius 3 is 1.62 bits per heavy atom. The van der Waals surface area contributed by atoms with Gasteiger partial charge >= 0.3 is 0 Å². The second kappa shape index (κ2) is 4.01. The van der Waals surface area contributed by atoms with E-state index in [9.17, 15) is 0 Å². The lowest BCUT2D eigenvalue weighted by Crippen LogP contribution is -2.66. The Labute approximate surface area is 98.3 Å². The fourth-order valence-corrected chi connectivity index (χ4v) is 3.34. The van der Waals surface area contributed by atoms with Crippen molar-refractivity contribution < 1.29 is 9.47 Å². The first kappa shape index (κ1) is 11.9. The molecule has 90 valence electrons. The van der Waals surface area contributed by atoms with Crippen LogP contribution >= 0.6 is 0 Å². The van der Waals surface area contributed by atoms with E-state index in [1.807, 2.05) is 12.2 Å². The van der Waals surface area contributed by atoms with Crippen LogP contribution in [0.25, 0.3) is 0 Å². The van der Waals surface area contributed by atoms with E-state index in [2.05, 4.69) is 27.0 Å². The van der Waals surface area contributed by atoms with Crippen LogP contribution in [0.1, 0.15) is 26.7 Å². The maximum Gasteiger partial charge on any atom is 0.101 e. The van der Waals surface area contributed by atoms with Crippen molar-refractivity contribution in [2.24, 2.45) is 11.8 Å². The summed E-state index contributed by atoms with van der Waals surface area (Å²) in [7, 11) is 0. The number of hydrogen-bond acceptors (Lipinski definition) is 2. The standard InChI is InChI=1S/C14H22O2/c1-5-11-7-8-12(6-2)14(4)13(11,3)15-9-10-16-14/h5-6,11-12H,1-2,7-10H2,3-4H3/t11-,12-,13-,14+/m1/s1. The molecule has 0 aromatic carbocycles. The molecule has 16 heavy (non-hydrogen) atoms. The van der Waals surface area contributed by atoms with Gasteiger partial charge in [0.1, 0.15) is 11.2 Å². The van der Waals surface area contributed by atoms with Gasteiger partial charge in [-0.3, -0.25) is 0 Å². The Hall–Kier alpha value is -0.600. The highest BCUT2D eigenvalue weighted by Crippen LogP contribution is 2.51. The fraction of sp³-hybridized carbons (Fsp3) is 0.714. The summed E-state index contributed by atoms with van der Waals surface area (Å²) < 4.78 is 12.1. The highest BCUT2D eigenvalue weighted by molar-refractivity contribution is 5.16. The molecule has 4 atom stereocenters. The monoisotopic (exact) mass is 222 g/mol. The Balaban J connectivity index is 2.40. The predicted octanol–water partition coefficient (Wildman–Crippen LogP) is 2.95. The molecular formula is C14H22O2. The van der Waals surface area contributed by atoms with Crippen LogP contribution in [0.5, 0.6) is 0 Å². The molecule has 1 saturated carbocycles. The molecule has 1 aliphatic carbocycles. The Morgan fingerprint density at radius 2 is 1.31 bits per heavy atom. The van der Waals surface area contributed by atoms with E-state index >= 15 is 0 Å². The molecule has 0 spiro atoms. The zero-order valence-corrected chi connectivity index (χ0v) is 10.4. The number of ether oxygens (including phenoxy) is 2. The summed E-state index contributed by atoms with van der Waals surface area (Å²) in [6.07, 6.45) is 6.25. The molecule has 2 heteroatoms. The van der Waals surface area contributed by atoms with Gasteiger partial charge in [-0.2, -0.15) is 0 Å². The van der Waals surface area contributed by atoms with Crippen LogP contribution in [0.4, 0.5) is 0 Å². The molecule has 2 fully saturated rings. The lowest BCUT2D eigenvalue weighted by molar-refractivity contribution is -0.287. The lowest BCUT2D eigenvalue weighted by atomic mass is 9.61. The zero-order chi connectivity index (χ0) is 11.8. The highest BCUT2D eigenvalue weighted by atomic mass is 16.6. The topological polar surface area (TPSA) is 18.5 Å². The van der Waals surface area contributed by atoms with E-state index in [1.165, 1.54) is 0 Å². The molecule has 0 amide bonds.